The van der Waals surface area contributed by atoms with Gasteiger partial charge in [0.2, 0.25) is 0 Å². The predicted molar refractivity (Wildman–Crippen MR) is 126 cm³/mol. The van der Waals surface area contributed by atoms with Crippen LogP contribution in [0.25, 0.3) is 5.76 Å². The monoisotopic (exact) mass is 482 g/mol. The van der Waals surface area contributed by atoms with Crippen molar-refractivity contribution in [3.05, 3.63) is 99.3 Å². The molecule has 2 heterocycles. The first-order valence-electron chi connectivity index (χ1n) is 10.3. The van der Waals surface area contributed by atoms with Gasteiger partial charge in [-0.05, 0) is 60.5 Å². The summed E-state index contributed by atoms with van der Waals surface area (Å²) >= 11 is 12.3. The van der Waals surface area contributed by atoms with Crippen LogP contribution >= 0.6 is 23.2 Å². The van der Waals surface area contributed by atoms with Crippen molar-refractivity contribution in [3.63, 3.8) is 0 Å². The van der Waals surface area contributed by atoms with Crippen LogP contribution in [0.1, 0.15) is 29.7 Å². The van der Waals surface area contributed by atoms with E-state index in [2.05, 4.69) is 4.98 Å². The van der Waals surface area contributed by atoms with Gasteiger partial charge in [0.1, 0.15) is 11.5 Å². The van der Waals surface area contributed by atoms with E-state index in [0.29, 0.717) is 28.5 Å². The van der Waals surface area contributed by atoms with Crippen molar-refractivity contribution >= 4 is 40.7 Å². The zero-order valence-corrected chi connectivity index (χ0v) is 19.2. The predicted octanol–water partition coefficient (Wildman–Crippen LogP) is 5.41. The molecule has 0 bridgehead atoms. The number of aliphatic hydroxyl groups is 1. The lowest BCUT2D eigenvalue weighted by atomic mass is 9.95. The summed E-state index contributed by atoms with van der Waals surface area (Å²) in [7, 11) is 0. The number of rotatable bonds is 6. The van der Waals surface area contributed by atoms with E-state index in [1.54, 1.807) is 60.9 Å². The first kappa shape index (κ1) is 22.8. The SMILES string of the molecule is CCOc1ccc(C(O)=C2C(=O)C(=O)N(Cc3cccnc3)C2c2ccc(Cl)c(Cl)c2)cc1. The number of hydrogen-bond acceptors (Lipinski definition) is 5. The van der Waals surface area contributed by atoms with Gasteiger partial charge in [0.05, 0.1) is 28.3 Å². The van der Waals surface area contributed by atoms with Gasteiger partial charge in [0.15, 0.2) is 0 Å². The molecule has 1 unspecified atom stereocenters. The number of carbonyl (C=O) groups excluding carboxylic acids is 2. The summed E-state index contributed by atoms with van der Waals surface area (Å²) in [5.74, 6) is -1.14. The van der Waals surface area contributed by atoms with Gasteiger partial charge < -0.3 is 14.7 Å². The van der Waals surface area contributed by atoms with Crippen molar-refractivity contribution in [2.75, 3.05) is 6.61 Å². The summed E-state index contributed by atoms with van der Waals surface area (Å²) in [6, 6.07) is 14.3. The molecule has 2 aromatic carbocycles. The fourth-order valence-electron chi connectivity index (χ4n) is 3.79. The summed E-state index contributed by atoms with van der Waals surface area (Å²) < 4.78 is 5.44. The molecular formula is C25H20Cl2N2O4. The normalized spacial score (nSPS) is 17.4. The Labute approximate surface area is 201 Å². The maximum absolute atomic E-state index is 13.1. The lowest BCUT2D eigenvalue weighted by molar-refractivity contribution is -0.140. The van der Waals surface area contributed by atoms with Crippen LogP contribution in [0.4, 0.5) is 0 Å². The van der Waals surface area contributed by atoms with Crippen LogP contribution in [0, 0.1) is 0 Å². The fraction of sp³-hybridized carbons (Fsp3) is 0.160. The van der Waals surface area contributed by atoms with E-state index in [9.17, 15) is 14.7 Å². The second-order valence-electron chi connectivity index (χ2n) is 7.42. The Balaban J connectivity index is 1.84. The molecule has 0 aliphatic carbocycles. The summed E-state index contributed by atoms with van der Waals surface area (Å²) in [6.07, 6.45) is 3.25. The first-order chi connectivity index (χ1) is 15.9. The Hall–Kier alpha value is -3.35. The third-order valence-electron chi connectivity index (χ3n) is 5.31. The highest BCUT2D eigenvalue weighted by molar-refractivity contribution is 6.46. The van der Waals surface area contributed by atoms with Crippen LogP contribution < -0.4 is 4.74 Å². The Morgan fingerprint density at radius 2 is 1.85 bits per heavy atom. The molecule has 3 aromatic rings. The standard InChI is InChI=1S/C25H20Cl2N2O4/c1-2-33-18-8-5-16(6-9-18)23(30)21-22(17-7-10-19(26)20(27)12-17)29(25(32)24(21)31)14-15-4-3-11-28-13-15/h3-13,22,30H,2,14H2,1H3. The highest BCUT2D eigenvalue weighted by atomic mass is 35.5. The molecule has 1 amide bonds. The number of Topliss-reactive ketones (excluding diaryl/α,β-unsaturated/α-hetero) is 1. The number of pyridine rings is 1. The minimum absolute atomic E-state index is 0.0218. The number of halogens is 2. The zero-order valence-electron chi connectivity index (χ0n) is 17.7. The van der Waals surface area contributed by atoms with Crippen molar-refractivity contribution in [1.82, 2.24) is 9.88 Å². The van der Waals surface area contributed by atoms with E-state index >= 15 is 0 Å². The molecule has 33 heavy (non-hydrogen) atoms. The molecule has 6 nitrogen and oxygen atoms in total. The average Bonchev–Trinajstić information content (AvgIpc) is 3.07. The number of amides is 1. The topological polar surface area (TPSA) is 79.7 Å². The maximum atomic E-state index is 13.1. The van der Waals surface area contributed by atoms with Gasteiger partial charge in [0, 0.05) is 24.5 Å². The van der Waals surface area contributed by atoms with Crippen LogP contribution in [0.2, 0.25) is 10.0 Å². The molecule has 1 aliphatic rings. The lowest BCUT2D eigenvalue weighted by Gasteiger charge is -2.25. The molecule has 1 aliphatic heterocycles. The molecule has 168 valence electrons. The highest BCUT2D eigenvalue weighted by Gasteiger charge is 2.46. The Bertz CT molecular complexity index is 1230. The number of ketones is 1. The van der Waals surface area contributed by atoms with Crippen LogP contribution in [-0.2, 0) is 16.1 Å². The van der Waals surface area contributed by atoms with Gasteiger partial charge in [-0.15, -0.1) is 0 Å². The number of ether oxygens (including phenoxy) is 1. The smallest absolute Gasteiger partial charge is 0.295 e. The third kappa shape index (κ3) is 4.58. The van der Waals surface area contributed by atoms with E-state index in [4.69, 9.17) is 27.9 Å². The zero-order chi connectivity index (χ0) is 23.5. The molecule has 1 saturated heterocycles. The lowest BCUT2D eigenvalue weighted by Crippen LogP contribution is -2.29. The molecule has 4 rings (SSSR count). The van der Waals surface area contributed by atoms with Crippen molar-refractivity contribution in [2.45, 2.75) is 19.5 Å². The molecule has 1 atom stereocenters. The van der Waals surface area contributed by atoms with Gasteiger partial charge in [-0.2, -0.15) is 0 Å². The van der Waals surface area contributed by atoms with Crippen molar-refractivity contribution in [3.8, 4) is 5.75 Å². The minimum Gasteiger partial charge on any atom is -0.507 e. The van der Waals surface area contributed by atoms with Gasteiger partial charge in [-0.25, -0.2) is 0 Å². The molecule has 1 fully saturated rings. The number of aromatic nitrogens is 1. The Kier molecular flexibility index (Phi) is 6.67. The van der Waals surface area contributed by atoms with E-state index in [1.807, 2.05) is 13.0 Å². The first-order valence-corrected chi connectivity index (χ1v) is 11.0. The number of aliphatic hydroxyl groups excluding tert-OH is 1. The number of benzene rings is 2. The highest BCUT2D eigenvalue weighted by Crippen LogP contribution is 2.41. The number of nitrogens with zero attached hydrogens (tertiary/aromatic N) is 2. The molecule has 1 N–H and O–H groups in total. The van der Waals surface area contributed by atoms with Crippen LogP contribution in [0.3, 0.4) is 0 Å². The van der Waals surface area contributed by atoms with E-state index in [1.165, 1.54) is 4.90 Å². The van der Waals surface area contributed by atoms with E-state index in [-0.39, 0.29) is 22.9 Å². The molecule has 0 spiro atoms. The average molecular weight is 483 g/mol. The molecule has 0 radical (unpaired) electrons. The third-order valence-corrected chi connectivity index (χ3v) is 6.05. The quantitative estimate of drug-likeness (QED) is 0.288. The van der Waals surface area contributed by atoms with Crippen LogP contribution in [0.15, 0.2) is 72.6 Å². The van der Waals surface area contributed by atoms with Crippen molar-refractivity contribution in [1.29, 1.82) is 0 Å². The van der Waals surface area contributed by atoms with E-state index < -0.39 is 17.7 Å². The number of likely N-dealkylation sites (tertiary alicyclic amines) is 1. The van der Waals surface area contributed by atoms with Crippen LogP contribution in [-0.4, -0.2) is 33.3 Å². The van der Waals surface area contributed by atoms with Gasteiger partial charge >= 0.3 is 0 Å². The Morgan fingerprint density at radius 1 is 1.09 bits per heavy atom. The molecule has 1 aromatic heterocycles. The van der Waals surface area contributed by atoms with Gasteiger partial charge in [-0.3, -0.25) is 14.6 Å². The van der Waals surface area contributed by atoms with Crippen LogP contribution in [0.5, 0.6) is 5.75 Å². The van der Waals surface area contributed by atoms with Gasteiger partial charge in [-0.1, -0.05) is 35.3 Å². The minimum atomic E-state index is -0.855. The van der Waals surface area contributed by atoms with Crippen molar-refractivity contribution < 1.29 is 19.4 Å². The largest absolute Gasteiger partial charge is 0.507 e. The Morgan fingerprint density at radius 3 is 2.48 bits per heavy atom. The summed E-state index contributed by atoms with van der Waals surface area (Å²) in [6.45, 7) is 2.50. The molecule has 8 heteroatoms. The van der Waals surface area contributed by atoms with Crippen molar-refractivity contribution in [2.24, 2.45) is 0 Å². The second kappa shape index (κ2) is 9.65. The second-order valence-corrected chi connectivity index (χ2v) is 8.23. The molecular weight excluding hydrogens is 463 g/mol. The number of carbonyl (C=O) groups is 2. The number of hydrogen-bond donors (Lipinski definition) is 1. The van der Waals surface area contributed by atoms with Gasteiger partial charge in [0.25, 0.3) is 11.7 Å². The fourth-order valence-corrected chi connectivity index (χ4v) is 4.10. The van der Waals surface area contributed by atoms with E-state index in [0.717, 1.165) is 5.56 Å². The molecule has 0 saturated carbocycles. The summed E-state index contributed by atoms with van der Waals surface area (Å²) in [5, 5.41) is 11.8. The maximum Gasteiger partial charge on any atom is 0.295 e. The summed E-state index contributed by atoms with van der Waals surface area (Å²) in [4.78, 5) is 31.7. The summed E-state index contributed by atoms with van der Waals surface area (Å²) in [5.41, 5.74) is 1.67.